The van der Waals surface area contributed by atoms with Crippen molar-refractivity contribution in [2.24, 2.45) is 23.7 Å². The maximum atomic E-state index is 14.2. The van der Waals surface area contributed by atoms with Crippen LogP contribution < -0.4 is 0 Å². The van der Waals surface area contributed by atoms with Gasteiger partial charge in [-0.15, -0.1) is 0 Å². The number of aliphatic hydroxyl groups is 3. The fourth-order valence-electron chi connectivity index (χ4n) is 8.87. The average Bonchev–Trinajstić information content (AvgIpc) is 3.45. The molecule has 6 aliphatic rings. The SMILES string of the molecule is CC[C@H](C)[C@H]1O[C@]2(C=C[C@@H]1C)C[C@@H]1C[C@@H](C/C=C(/C)[C@@H](O[C@H]3C[C@H](OC)[C@@H](O)[C@H](C)O3)[C@@H](C)/C=C\C=C3CO[C@@H]4[C@H](O)C(C)=C[C@@H](C(=O)O1)[C@]34O)O2. The van der Waals surface area contributed by atoms with Crippen LogP contribution in [0.1, 0.15) is 80.6 Å². The van der Waals surface area contributed by atoms with Crippen molar-refractivity contribution in [1.82, 2.24) is 0 Å². The van der Waals surface area contributed by atoms with Crippen molar-refractivity contribution in [3.05, 3.63) is 59.3 Å². The number of fused-ring (bicyclic) bond motifs is 2. The van der Waals surface area contributed by atoms with E-state index in [1.54, 1.807) is 26.2 Å². The molecule has 0 amide bonds. The van der Waals surface area contributed by atoms with Crippen molar-refractivity contribution in [2.75, 3.05) is 13.7 Å². The maximum Gasteiger partial charge on any atom is 0.316 e. The molecular weight excluding hydrogens is 668 g/mol. The van der Waals surface area contributed by atoms with Crippen LogP contribution in [0.4, 0.5) is 0 Å². The van der Waals surface area contributed by atoms with Gasteiger partial charge in [0.25, 0.3) is 0 Å². The maximum absolute atomic E-state index is 14.2. The van der Waals surface area contributed by atoms with Crippen LogP contribution in [0.3, 0.4) is 0 Å². The third-order valence-corrected chi connectivity index (χ3v) is 12.3. The Morgan fingerprint density at radius 3 is 2.54 bits per heavy atom. The van der Waals surface area contributed by atoms with E-state index in [1.807, 2.05) is 39.0 Å². The summed E-state index contributed by atoms with van der Waals surface area (Å²) in [7, 11) is 1.58. The van der Waals surface area contributed by atoms with E-state index in [1.165, 1.54) is 0 Å². The van der Waals surface area contributed by atoms with Gasteiger partial charge in [-0.3, -0.25) is 4.79 Å². The first kappa shape index (κ1) is 39.5. The van der Waals surface area contributed by atoms with Gasteiger partial charge >= 0.3 is 5.97 Å². The molecular formula is C41H60O11. The lowest BCUT2D eigenvalue weighted by Gasteiger charge is -2.48. The number of carbonyl (C=O) groups is 1. The summed E-state index contributed by atoms with van der Waals surface area (Å²) in [5, 5.41) is 34.1. The Morgan fingerprint density at radius 2 is 1.81 bits per heavy atom. The molecule has 0 unspecified atom stereocenters. The Morgan fingerprint density at radius 1 is 1.04 bits per heavy atom. The highest BCUT2D eigenvalue weighted by atomic mass is 16.7. The van der Waals surface area contributed by atoms with Gasteiger partial charge in [0.1, 0.15) is 35.9 Å². The summed E-state index contributed by atoms with van der Waals surface area (Å²) in [6.45, 7) is 14.2. The third kappa shape index (κ3) is 7.68. The second-order valence-corrected chi connectivity index (χ2v) is 16.1. The number of aliphatic hydroxyl groups excluding tert-OH is 2. The van der Waals surface area contributed by atoms with E-state index in [-0.39, 0.29) is 36.6 Å². The van der Waals surface area contributed by atoms with Gasteiger partial charge in [0.15, 0.2) is 12.1 Å². The van der Waals surface area contributed by atoms with Crippen LogP contribution in [0.5, 0.6) is 0 Å². The fourth-order valence-corrected chi connectivity index (χ4v) is 8.87. The predicted molar refractivity (Wildman–Crippen MR) is 193 cm³/mol. The molecule has 0 aromatic heterocycles. The van der Waals surface area contributed by atoms with E-state index in [0.29, 0.717) is 36.8 Å². The van der Waals surface area contributed by atoms with Gasteiger partial charge in [0, 0.05) is 38.2 Å². The number of hydrogen-bond acceptors (Lipinski definition) is 11. The van der Waals surface area contributed by atoms with Crippen LogP contribution in [-0.2, 0) is 38.0 Å². The molecule has 0 saturated carbocycles. The van der Waals surface area contributed by atoms with Crippen molar-refractivity contribution in [3.8, 4) is 0 Å². The van der Waals surface area contributed by atoms with Crippen LogP contribution in [0.25, 0.3) is 0 Å². The van der Waals surface area contributed by atoms with Crippen molar-refractivity contribution in [1.29, 1.82) is 0 Å². The summed E-state index contributed by atoms with van der Waals surface area (Å²) in [5.74, 6) is -2.44. The molecule has 1 aliphatic carbocycles. The number of allylic oxidation sites excluding steroid dienone is 2. The molecule has 5 aliphatic heterocycles. The second kappa shape index (κ2) is 15.9. The minimum atomic E-state index is -1.81. The van der Waals surface area contributed by atoms with E-state index >= 15 is 0 Å². The Labute approximate surface area is 308 Å². The molecule has 290 valence electrons. The largest absolute Gasteiger partial charge is 0.462 e. The Kier molecular flexibility index (Phi) is 12.1. The second-order valence-electron chi connectivity index (χ2n) is 16.1. The molecule has 11 nitrogen and oxygen atoms in total. The Balaban J connectivity index is 1.38. The van der Waals surface area contributed by atoms with Crippen molar-refractivity contribution in [2.45, 2.75) is 153 Å². The molecule has 2 bridgehead atoms. The highest BCUT2D eigenvalue weighted by Gasteiger charge is 2.60. The smallest absolute Gasteiger partial charge is 0.316 e. The average molecular weight is 729 g/mol. The number of hydrogen-bond donors (Lipinski definition) is 3. The number of carbonyl (C=O) groups excluding carboxylic acids is 1. The fraction of sp³-hybridized carbons (Fsp3) is 0.732. The molecule has 0 aromatic carbocycles. The van der Waals surface area contributed by atoms with Gasteiger partial charge in [0.05, 0.1) is 37.1 Å². The first-order valence-corrected chi connectivity index (χ1v) is 19.2. The monoisotopic (exact) mass is 728 g/mol. The molecule has 6 rings (SSSR count). The lowest BCUT2D eigenvalue weighted by Crippen LogP contribution is -2.58. The highest BCUT2D eigenvalue weighted by Crippen LogP contribution is 2.47. The zero-order valence-corrected chi connectivity index (χ0v) is 32.0. The minimum absolute atomic E-state index is 0.0471. The van der Waals surface area contributed by atoms with Crippen LogP contribution in [0.2, 0.25) is 0 Å². The van der Waals surface area contributed by atoms with Gasteiger partial charge in [-0.1, -0.05) is 70.6 Å². The van der Waals surface area contributed by atoms with Gasteiger partial charge in [-0.25, -0.2) is 0 Å². The van der Waals surface area contributed by atoms with Crippen LogP contribution >= 0.6 is 0 Å². The van der Waals surface area contributed by atoms with Gasteiger partial charge in [0.2, 0.25) is 0 Å². The van der Waals surface area contributed by atoms with Gasteiger partial charge < -0.3 is 48.5 Å². The molecule has 3 fully saturated rings. The van der Waals surface area contributed by atoms with Crippen LogP contribution in [0, 0.1) is 23.7 Å². The first-order chi connectivity index (χ1) is 24.7. The van der Waals surface area contributed by atoms with E-state index in [4.69, 9.17) is 33.2 Å². The van der Waals surface area contributed by atoms with E-state index in [9.17, 15) is 20.1 Å². The molecule has 0 aromatic rings. The first-order valence-electron chi connectivity index (χ1n) is 19.2. The van der Waals surface area contributed by atoms with Crippen molar-refractivity contribution in [3.63, 3.8) is 0 Å². The molecule has 16 atom stereocenters. The van der Waals surface area contributed by atoms with Crippen LogP contribution in [-0.4, -0.2) is 108 Å². The predicted octanol–water partition coefficient (Wildman–Crippen LogP) is 4.84. The van der Waals surface area contributed by atoms with Crippen LogP contribution in [0.15, 0.2) is 59.3 Å². The number of methoxy groups -OCH3 is 1. The molecule has 0 radical (unpaired) electrons. The molecule has 3 N–H and O–H groups in total. The minimum Gasteiger partial charge on any atom is -0.462 e. The van der Waals surface area contributed by atoms with Crippen molar-refractivity contribution < 1.29 is 53.3 Å². The summed E-state index contributed by atoms with van der Waals surface area (Å²) < 4.78 is 44.4. The number of ether oxygens (including phenoxy) is 7. The molecule has 52 heavy (non-hydrogen) atoms. The summed E-state index contributed by atoms with van der Waals surface area (Å²) in [5.41, 5.74) is 0.184. The summed E-state index contributed by atoms with van der Waals surface area (Å²) in [4.78, 5) is 14.2. The Hall–Kier alpha value is -2.19. The number of rotatable bonds is 5. The lowest BCUT2D eigenvalue weighted by atomic mass is 9.71. The summed E-state index contributed by atoms with van der Waals surface area (Å²) in [6, 6.07) is 0. The normalized spacial score (nSPS) is 47.8. The standard InChI is InChI=1S/C41H60O11/c1-9-22(2)37-25(5)15-16-40(52-37)20-30-18-29(51-40)14-13-24(4)36(50-33-19-32(46-8)35(43)27(7)48-33)23(3)11-10-12-28-21-47-38-34(42)26(6)17-31(39(44)49-30)41(28,38)45/h10-13,15-17,22-23,25,27,29-38,42-43,45H,9,14,18-21H2,1-8H3/b11-10-,24-13-,28-12?/t22-,23-,25-,27-,29+,30-,31-,32-,33-,34+,35-,36-,37+,38+,40+,41+/m0/s1. The Bertz CT molecular complexity index is 1450. The van der Waals surface area contributed by atoms with E-state index < -0.39 is 72.3 Å². The van der Waals surface area contributed by atoms with Gasteiger partial charge in [-0.05, 0) is 55.9 Å². The quantitative estimate of drug-likeness (QED) is 0.265. The zero-order chi connectivity index (χ0) is 37.5. The summed E-state index contributed by atoms with van der Waals surface area (Å²) >= 11 is 0. The molecule has 11 heteroatoms. The molecule has 5 heterocycles. The number of esters is 1. The lowest BCUT2D eigenvalue weighted by molar-refractivity contribution is -0.300. The molecule has 1 spiro atoms. The summed E-state index contributed by atoms with van der Waals surface area (Å²) in [6.07, 6.45) is 10.2. The van der Waals surface area contributed by atoms with Crippen molar-refractivity contribution >= 4 is 5.97 Å². The van der Waals surface area contributed by atoms with E-state index in [0.717, 1.165) is 12.0 Å². The topological polar surface area (TPSA) is 142 Å². The van der Waals surface area contributed by atoms with Gasteiger partial charge in [-0.2, -0.15) is 0 Å². The molecule has 3 saturated heterocycles. The third-order valence-electron chi connectivity index (χ3n) is 12.3. The van der Waals surface area contributed by atoms with E-state index in [2.05, 4.69) is 32.9 Å². The zero-order valence-electron chi connectivity index (χ0n) is 32.0. The highest BCUT2D eigenvalue weighted by molar-refractivity contribution is 5.78.